The summed E-state index contributed by atoms with van der Waals surface area (Å²) in [5.41, 5.74) is 3.91. The first-order chi connectivity index (χ1) is 12.6. The van der Waals surface area contributed by atoms with Crippen LogP contribution in [0.5, 0.6) is 5.75 Å². The van der Waals surface area contributed by atoms with Crippen LogP contribution in [0, 0.1) is 13.8 Å². The highest BCUT2D eigenvalue weighted by Crippen LogP contribution is 2.21. The molecule has 2 aromatic carbocycles. The maximum absolute atomic E-state index is 12.2. The molecule has 0 atom stereocenters. The summed E-state index contributed by atoms with van der Waals surface area (Å²) in [6.45, 7) is 4.05. The highest BCUT2D eigenvalue weighted by atomic mass is 32.2. The van der Waals surface area contributed by atoms with Crippen LogP contribution in [0.3, 0.4) is 0 Å². The van der Waals surface area contributed by atoms with E-state index in [0.717, 1.165) is 22.7 Å². The smallest absolute Gasteiger partial charge is 0.234 e. The van der Waals surface area contributed by atoms with E-state index in [1.807, 2.05) is 56.3 Å². The van der Waals surface area contributed by atoms with Crippen LogP contribution in [0.2, 0.25) is 0 Å². The Labute approximate surface area is 155 Å². The Morgan fingerprint density at radius 3 is 2.62 bits per heavy atom. The van der Waals surface area contributed by atoms with Crippen LogP contribution in [0.25, 0.3) is 5.69 Å². The van der Waals surface area contributed by atoms with Crippen LogP contribution in [0.4, 0.5) is 5.69 Å². The zero-order chi connectivity index (χ0) is 18.5. The van der Waals surface area contributed by atoms with Gasteiger partial charge in [0, 0.05) is 5.69 Å². The van der Waals surface area contributed by atoms with E-state index in [0.29, 0.717) is 5.16 Å². The van der Waals surface area contributed by atoms with Gasteiger partial charge in [-0.2, -0.15) is 4.68 Å². The molecule has 0 bridgehead atoms. The molecule has 0 aliphatic heterocycles. The molecule has 0 saturated heterocycles. The molecule has 1 amide bonds. The minimum Gasteiger partial charge on any atom is -0.497 e. The predicted molar refractivity (Wildman–Crippen MR) is 101 cm³/mol. The first-order valence-corrected chi connectivity index (χ1v) is 8.98. The largest absolute Gasteiger partial charge is 0.497 e. The number of aromatic nitrogens is 4. The summed E-state index contributed by atoms with van der Waals surface area (Å²) < 4.78 is 6.74. The summed E-state index contributed by atoms with van der Waals surface area (Å²) in [5.74, 6) is 0.857. The van der Waals surface area contributed by atoms with Gasteiger partial charge in [-0.15, -0.1) is 5.10 Å². The molecule has 7 nitrogen and oxygen atoms in total. The highest BCUT2D eigenvalue weighted by molar-refractivity contribution is 7.99. The fourth-order valence-electron chi connectivity index (χ4n) is 2.30. The number of aryl methyl sites for hydroxylation is 2. The molecule has 3 rings (SSSR count). The first kappa shape index (κ1) is 17.9. The summed E-state index contributed by atoms with van der Waals surface area (Å²) >= 11 is 1.28. The maximum Gasteiger partial charge on any atom is 0.234 e. The van der Waals surface area contributed by atoms with Crippen molar-refractivity contribution in [2.24, 2.45) is 0 Å². The molecular formula is C18H19N5O2S. The lowest BCUT2D eigenvalue weighted by Crippen LogP contribution is -2.14. The quantitative estimate of drug-likeness (QED) is 0.673. The fourth-order valence-corrected chi connectivity index (χ4v) is 2.99. The SMILES string of the molecule is COc1ccc(-n2nnnc2SCC(=O)Nc2ccc(C)c(C)c2)cc1. The zero-order valence-corrected chi connectivity index (χ0v) is 15.6. The number of benzene rings is 2. The summed E-state index contributed by atoms with van der Waals surface area (Å²) in [5, 5.41) is 15.1. The van der Waals surface area contributed by atoms with Crippen LogP contribution in [0.1, 0.15) is 11.1 Å². The molecule has 1 aromatic heterocycles. The third kappa shape index (κ3) is 4.20. The number of methoxy groups -OCH3 is 1. The van der Waals surface area contributed by atoms with E-state index in [9.17, 15) is 4.79 Å². The summed E-state index contributed by atoms with van der Waals surface area (Å²) in [7, 11) is 1.61. The van der Waals surface area contributed by atoms with Crippen molar-refractivity contribution in [1.29, 1.82) is 0 Å². The van der Waals surface area contributed by atoms with Gasteiger partial charge >= 0.3 is 0 Å². The molecule has 0 radical (unpaired) electrons. The Morgan fingerprint density at radius 2 is 1.92 bits per heavy atom. The lowest BCUT2D eigenvalue weighted by atomic mass is 10.1. The Kier molecular flexibility index (Phi) is 5.52. The average Bonchev–Trinajstić information content (AvgIpc) is 3.12. The van der Waals surface area contributed by atoms with Crippen LogP contribution in [0.15, 0.2) is 47.6 Å². The van der Waals surface area contributed by atoms with Crippen molar-refractivity contribution >= 4 is 23.4 Å². The maximum atomic E-state index is 12.2. The van der Waals surface area contributed by atoms with E-state index >= 15 is 0 Å². The van der Waals surface area contributed by atoms with E-state index in [4.69, 9.17) is 4.74 Å². The number of tetrazole rings is 1. The molecule has 0 aliphatic rings. The molecule has 0 spiro atoms. The zero-order valence-electron chi connectivity index (χ0n) is 14.8. The number of nitrogens with one attached hydrogen (secondary N) is 1. The Morgan fingerprint density at radius 1 is 1.15 bits per heavy atom. The van der Waals surface area contributed by atoms with Crippen LogP contribution in [-0.2, 0) is 4.79 Å². The summed E-state index contributed by atoms with van der Waals surface area (Å²) in [6, 6.07) is 13.2. The van der Waals surface area contributed by atoms with Gasteiger partial charge in [-0.3, -0.25) is 4.79 Å². The fraction of sp³-hybridized carbons (Fsp3) is 0.222. The van der Waals surface area contributed by atoms with Gasteiger partial charge in [0.25, 0.3) is 0 Å². The summed E-state index contributed by atoms with van der Waals surface area (Å²) in [6.07, 6.45) is 0. The van der Waals surface area contributed by atoms with Crippen LogP contribution < -0.4 is 10.1 Å². The van der Waals surface area contributed by atoms with Crippen molar-refractivity contribution < 1.29 is 9.53 Å². The van der Waals surface area contributed by atoms with Gasteiger partial charge in [0.2, 0.25) is 11.1 Å². The molecule has 26 heavy (non-hydrogen) atoms. The third-order valence-corrected chi connectivity index (χ3v) is 4.80. The van der Waals surface area contributed by atoms with Gasteiger partial charge < -0.3 is 10.1 Å². The second kappa shape index (κ2) is 8.01. The van der Waals surface area contributed by atoms with E-state index in [2.05, 4.69) is 20.8 Å². The van der Waals surface area contributed by atoms with Crippen molar-refractivity contribution in [1.82, 2.24) is 20.2 Å². The summed E-state index contributed by atoms with van der Waals surface area (Å²) in [4.78, 5) is 12.2. The normalized spacial score (nSPS) is 10.6. The molecular weight excluding hydrogens is 350 g/mol. The molecule has 1 N–H and O–H groups in total. The van der Waals surface area contributed by atoms with E-state index in [1.165, 1.54) is 17.3 Å². The number of ether oxygens (including phenoxy) is 1. The number of hydrogen-bond donors (Lipinski definition) is 1. The first-order valence-electron chi connectivity index (χ1n) is 7.99. The Balaban J connectivity index is 1.63. The second-order valence-electron chi connectivity index (χ2n) is 5.71. The van der Waals surface area contributed by atoms with Crippen molar-refractivity contribution in [3.05, 3.63) is 53.6 Å². The average molecular weight is 369 g/mol. The number of amides is 1. The monoisotopic (exact) mass is 369 g/mol. The van der Waals surface area contributed by atoms with E-state index in [1.54, 1.807) is 11.8 Å². The molecule has 0 fully saturated rings. The number of carbonyl (C=O) groups excluding carboxylic acids is 1. The van der Waals surface area contributed by atoms with Crippen molar-refractivity contribution in [3.63, 3.8) is 0 Å². The van der Waals surface area contributed by atoms with Gasteiger partial charge in [-0.25, -0.2) is 0 Å². The number of nitrogens with zero attached hydrogens (tertiary/aromatic N) is 4. The molecule has 1 heterocycles. The molecule has 134 valence electrons. The third-order valence-electron chi connectivity index (χ3n) is 3.88. The van der Waals surface area contributed by atoms with E-state index in [-0.39, 0.29) is 11.7 Å². The Hall–Kier alpha value is -2.87. The molecule has 8 heteroatoms. The van der Waals surface area contributed by atoms with Crippen LogP contribution in [-0.4, -0.2) is 39.0 Å². The number of thioether (sulfide) groups is 1. The number of hydrogen-bond acceptors (Lipinski definition) is 6. The molecule has 0 unspecified atom stereocenters. The van der Waals surface area contributed by atoms with Crippen LogP contribution >= 0.6 is 11.8 Å². The topological polar surface area (TPSA) is 81.9 Å². The number of rotatable bonds is 6. The van der Waals surface area contributed by atoms with Gasteiger partial charge in [-0.1, -0.05) is 17.8 Å². The van der Waals surface area contributed by atoms with Gasteiger partial charge in [0.15, 0.2) is 0 Å². The lowest BCUT2D eigenvalue weighted by Gasteiger charge is -2.08. The second-order valence-corrected chi connectivity index (χ2v) is 6.65. The lowest BCUT2D eigenvalue weighted by molar-refractivity contribution is -0.113. The minimum absolute atomic E-state index is 0.109. The highest BCUT2D eigenvalue weighted by Gasteiger charge is 2.12. The molecule has 3 aromatic rings. The van der Waals surface area contributed by atoms with Crippen molar-refractivity contribution in [3.8, 4) is 11.4 Å². The van der Waals surface area contributed by atoms with Gasteiger partial charge in [0.05, 0.1) is 18.6 Å². The standard InChI is InChI=1S/C18H19N5O2S/c1-12-4-5-14(10-13(12)2)19-17(24)11-26-18-20-21-22-23(18)15-6-8-16(25-3)9-7-15/h4-10H,11H2,1-3H3,(H,19,24). The predicted octanol–water partition coefficient (Wildman–Crippen LogP) is 3.02. The Bertz CT molecular complexity index is 908. The number of carbonyl (C=O) groups is 1. The van der Waals surface area contributed by atoms with Crippen molar-refractivity contribution in [2.75, 3.05) is 18.2 Å². The van der Waals surface area contributed by atoms with Gasteiger partial charge in [-0.05, 0) is 71.8 Å². The van der Waals surface area contributed by atoms with Gasteiger partial charge in [0.1, 0.15) is 5.75 Å². The molecule has 0 aliphatic carbocycles. The van der Waals surface area contributed by atoms with E-state index < -0.39 is 0 Å². The number of anilines is 1. The van der Waals surface area contributed by atoms with Crippen molar-refractivity contribution in [2.45, 2.75) is 19.0 Å². The molecule has 0 saturated carbocycles. The minimum atomic E-state index is -0.109.